The summed E-state index contributed by atoms with van der Waals surface area (Å²) in [5.41, 5.74) is 1.91. The van der Waals surface area contributed by atoms with Crippen LogP contribution in [0.15, 0.2) is 58.3 Å². The highest BCUT2D eigenvalue weighted by Crippen LogP contribution is 2.34. The Hall–Kier alpha value is -3.32. The molecule has 0 atom stereocenters. The number of hydrogen-bond donors (Lipinski definition) is 1. The number of fused-ring (bicyclic) bond motifs is 1. The predicted octanol–water partition coefficient (Wildman–Crippen LogP) is 6.39. The lowest BCUT2D eigenvalue weighted by Crippen LogP contribution is -2.11. The molecule has 0 saturated carbocycles. The third kappa shape index (κ3) is 4.88. The van der Waals surface area contributed by atoms with Crippen molar-refractivity contribution < 1.29 is 18.7 Å². The minimum Gasteiger partial charge on any atom is -0.494 e. The monoisotopic (exact) mass is 436 g/mol. The molecule has 160 valence electrons. The van der Waals surface area contributed by atoms with Crippen LogP contribution in [0.3, 0.4) is 0 Å². The summed E-state index contributed by atoms with van der Waals surface area (Å²) in [6.45, 7) is 5.30. The summed E-state index contributed by atoms with van der Waals surface area (Å²) < 4.78 is 17.3. The van der Waals surface area contributed by atoms with Gasteiger partial charge in [-0.3, -0.25) is 10.1 Å². The molecule has 0 fully saturated rings. The minimum absolute atomic E-state index is 0.218. The summed E-state index contributed by atoms with van der Waals surface area (Å²) in [5.74, 6) is 1.88. The molecule has 31 heavy (non-hydrogen) atoms. The zero-order valence-corrected chi connectivity index (χ0v) is 18.3. The number of para-hydroxylation sites is 1. The number of furan rings is 1. The van der Waals surface area contributed by atoms with E-state index in [9.17, 15) is 4.79 Å². The van der Waals surface area contributed by atoms with Crippen LogP contribution >= 0.6 is 11.3 Å². The quantitative estimate of drug-likeness (QED) is 0.308. The average molecular weight is 437 g/mol. The molecular formula is C24H24N2O4S. The summed E-state index contributed by atoms with van der Waals surface area (Å²) in [4.78, 5) is 17.1. The van der Waals surface area contributed by atoms with Crippen molar-refractivity contribution in [3.05, 3.63) is 59.5 Å². The summed E-state index contributed by atoms with van der Waals surface area (Å²) in [6.07, 6.45) is 2.09. The van der Waals surface area contributed by atoms with E-state index in [-0.39, 0.29) is 5.91 Å². The molecule has 1 N–H and O–H groups in total. The van der Waals surface area contributed by atoms with Crippen LogP contribution in [0.4, 0.5) is 5.13 Å². The Bertz CT molecular complexity index is 1160. The zero-order chi connectivity index (χ0) is 21.6. The van der Waals surface area contributed by atoms with E-state index >= 15 is 0 Å². The third-order valence-electron chi connectivity index (χ3n) is 4.67. The molecule has 2 aromatic carbocycles. The molecule has 0 saturated heterocycles. The Morgan fingerprint density at radius 1 is 1.13 bits per heavy atom. The number of rotatable bonds is 9. The van der Waals surface area contributed by atoms with Crippen LogP contribution < -0.4 is 14.8 Å². The number of carbonyl (C=O) groups is 1. The van der Waals surface area contributed by atoms with Gasteiger partial charge in [-0.05, 0) is 49.7 Å². The molecule has 0 aliphatic heterocycles. The van der Waals surface area contributed by atoms with Gasteiger partial charge in [-0.2, -0.15) is 0 Å². The first-order chi connectivity index (χ1) is 15.2. The van der Waals surface area contributed by atoms with Crippen LogP contribution in [0.25, 0.3) is 22.4 Å². The first-order valence-corrected chi connectivity index (χ1v) is 11.2. The molecule has 0 bridgehead atoms. The second-order valence-corrected chi connectivity index (χ2v) is 7.79. The van der Waals surface area contributed by atoms with Crippen molar-refractivity contribution in [2.75, 3.05) is 18.5 Å². The van der Waals surface area contributed by atoms with E-state index in [1.807, 2.05) is 48.7 Å². The number of nitrogens with one attached hydrogen (secondary N) is 1. The Balaban J connectivity index is 1.45. The van der Waals surface area contributed by atoms with Gasteiger partial charge in [0.05, 0.1) is 13.2 Å². The second kappa shape index (κ2) is 9.66. The van der Waals surface area contributed by atoms with Crippen molar-refractivity contribution in [2.24, 2.45) is 0 Å². The van der Waals surface area contributed by atoms with Crippen LogP contribution in [0, 0.1) is 0 Å². The van der Waals surface area contributed by atoms with Crippen LogP contribution in [-0.4, -0.2) is 24.1 Å². The Labute approximate surface area is 184 Å². The SMILES string of the molecule is CCCCOc1ccc(C(=O)Nc2nc(-c3cc4cccc(OCC)c4o3)cs2)cc1. The van der Waals surface area contributed by atoms with E-state index in [0.717, 1.165) is 24.0 Å². The fourth-order valence-corrected chi connectivity index (χ4v) is 3.78. The minimum atomic E-state index is -0.218. The first kappa shape index (κ1) is 20.9. The molecule has 0 radical (unpaired) electrons. The maximum atomic E-state index is 12.6. The molecule has 0 aliphatic carbocycles. The van der Waals surface area contributed by atoms with Gasteiger partial charge in [-0.1, -0.05) is 25.5 Å². The number of aromatic nitrogens is 1. The van der Waals surface area contributed by atoms with Gasteiger partial charge in [0.1, 0.15) is 11.4 Å². The van der Waals surface area contributed by atoms with Crippen molar-refractivity contribution in [2.45, 2.75) is 26.7 Å². The number of unbranched alkanes of at least 4 members (excludes halogenated alkanes) is 1. The number of carbonyl (C=O) groups excluding carboxylic acids is 1. The zero-order valence-electron chi connectivity index (χ0n) is 17.5. The number of ether oxygens (including phenoxy) is 2. The fraction of sp³-hybridized carbons (Fsp3) is 0.250. The molecule has 7 heteroatoms. The molecule has 1 amide bonds. The highest BCUT2D eigenvalue weighted by Gasteiger charge is 2.15. The molecule has 4 rings (SSSR count). The van der Waals surface area contributed by atoms with E-state index in [0.29, 0.717) is 46.7 Å². The normalized spacial score (nSPS) is 10.9. The number of hydrogen-bond acceptors (Lipinski definition) is 6. The lowest BCUT2D eigenvalue weighted by atomic mass is 10.2. The topological polar surface area (TPSA) is 73.6 Å². The number of nitrogens with zero attached hydrogens (tertiary/aromatic N) is 1. The van der Waals surface area contributed by atoms with Crippen LogP contribution in [-0.2, 0) is 0 Å². The fourth-order valence-electron chi connectivity index (χ4n) is 3.08. The molecular weight excluding hydrogens is 412 g/mol. The van der Waals surface area contributed by atoms with Gasteiger partial charge in [0, 0.05) is 16.3 Å². The molecule has 6 nitrogen and oxygen atoms in total. The summed E-state index contributed by atoms with van der Waals surface area (Å²) in [6, 6.07) is 14.8. The van der Waals surface area contributed by atoms with Gasteiger partial charge in [0.25, 0.3) is 5.91 Å². The summed E-state index contributed by atoms with van der Waals surface area (Å²) in [5, 5.41) is 6.16. The third-order valence-corrected chi connectivity index (χ3v) is 5.43. The van der Waals surface area contributed by atoms with Gasteiger partial charge < -0.3 is 13.9 Å². The highest BCUT2D eigenvalue weighted by molar-refractivity contribution is 7.14. The standard InChI is InChI=1S/C24H24N2O4S/c1-3-5-13-29-18-11-9-16(10-12-18)23(27)26-24-25-19(15-31-24)21-14-17-7-6-8-20(28-4-2)22(17)30-21/h6-12,14-15H,3-5,13H2,1-2H3,(H,25,26,27). The van der Waals surface area contributed by atoms with Crippen molar-refractivity contribution in [3.63, 3.8) is 0 Å². The highest BCUT2D eigenvalue weighted by atomic mass is 32.1. The van der Waals surface area contributed by atoms with Gasteiger partial charge in [-0.15, -0.1) is 11.3 Å². The van der Waals surface area contributed by atoms with Crippen molar-refractivity contribution >= 4 is 33.3 Å². The first-order valence-electron chi connectivity index (χ1n) is 10.3. The van der Waals surface area contributed by atoms with Crippen LogP contribution in [0.5, 0.6) is 11.5 Å². The van der Waals surface area contributed by atoms with Gasteiger partial charge >= 0.3 is 0 Å². The van der Waals surface area contributed by atoms with E-state index < -0.39 is 0 Å². The largest absolute Gasteiger partial charge is 0.494 e. The predicted molar refractivity (Wildman–Crippen MR) is 123 cm³/mol. The van der Waals surface area contributed by atoms with E-state index in [1.165, 1.54) is 11.3 Å². The second-order valence-electron chi connectivity index (χ2n) is 6.94. The molecule has 4 aromatic rings. The van der Waals surface area contributed by atoms with Gasteiger partial charge in [-0.25, -0.2) is 4.98 Å². The number of amides is 1. The Morgan fingerprint density at radius 3 is 2.74 bits per heavy atom. The maximum absolute atomic E-state index is 12.6. The molecule has 0 spiro atoms. The lowest BCUT2D eigenvalue weighted by molar-refractivity contribution is 0.102. The summed E-state index contributed by atoms with van der Waals surface area (Å²) in [7, 11) is 0. The lowest BCUT2D eigenvalue weighted by Gasteiger charge is -2.06. The van der Waals surface area contributed by atoms with E-state index in [2.05, 4.69) is 17.2 Å². The van der Waals surface area contributed by atoms with Gasteiger partial charge in [0.2, 0.25) is 0 Å². The van der Waals surface area contributed by atoms with Gasteiger partial charge in [0.15, 0.2) is 22.2 Å². The molecule has 2 aromatic heterocycles. The Morgan fingerprint density at radius 2 is 1.97 bits per heavy atom. The molecule has 0 unspecified atom stereocenters. The maximum Gasteiger partial charge on any atom is 0.257 e. The smallest absolute Gasteiger partial charge is 0.257 e. The van der Waals surface area contributed by atoms with E-state index in [4.69, 9.17) is 13.9 Å². The van der Waals surface area contributed by atoms with Crippen molar-refractivity contribution in [1.29, 1.82) is 0 Å². The van der Waals surface area contributed by atoms with E-state index in [1.54, 1.807) is 12.1 Å². The summed E-state index contributed by atoms with van der Waals surface area (Å²) >= 11 is 1.35. The van der Waals surface area contributed by atoms with Crippen LogP contribution in [0.2, 0.25) is 0 Å². The number of benzene rings is 2. The molecule has 2 heterocycles. The number of thiazole rings is 1. The van der Waals surface area contributed by atoms with Crippen molar-refractivity contribution in [3.8, 4) is 23.0 Å². The number of anilines is 1. The van der Waals surface area contributed by atoms with Crippen LogP contribution in [0.1, 0.15) is 37.0 Å². The Kier molecular flexibility index (Phi) is 6.52. The molecule has 0 aliphatic rings. The average Bonchev–Trinajstić information content (AvgIpc) is 3.42. The van der Waals surface area contributed by atoms with Crippen molar-refractivity contribution in [1.82, 2.24) is 4.98 Å².